The maximum absolute atomic E-state index is 13.9. The largest absolute Gasteiger partial charge is 0.308 e. The molecule has 0 heterocycles. The van der Waals surface area contributed by atoms with Crippen LogP contribution in [0.25, 0.3) is 0 Å². The summed E-state index contributed by atoms with van der Waals surface area (Å²) in [6, 6.07) is 7.80. The van der Waals surface area contributed by atoms with Gasteiger partial charge >= 0.3 is 5.92 Å². The lowest BCUT2D eigenvalue weighted by Crippen LogP contribution is -2.46. The van der Waals surface area contributed by atoms with Gasteiger partial charge in [-0.2, -0.15) is 8.78 Å². The van der Waals surface area contributed by atoms with Crippen molar-refractivity contribution < 1.29 is 13.6 Å². The summed E-state index contributed by atoms with van der Waals surface area (Å²) in [5.41, 5.74) is 2.22. The number of hydrogen-bond acceptors (Lipinski definition) is 1. The average molecular weight is 236 g/mol. The minimum atomic E-state index is -3.11. The molecule has 1 aromatic carbocycles. The first kappa shape index (κ1) is 10.9. The van der Waals surface area contributed by atoms with Crippen LogP contribution >= 0.6 is 0 Å². The van der Waals surface area contributed by atoms with Gasteiger partial charge in [0.1, 0.15) is 0 Å². The summed E-state index contributed by atoms with van der Waals surface area (Å²) < 4.78 is 27.8. The molecule has 0 spiro atoms. The molecule has 2 aliphatic carbocycles. The summed E-state index contributed by atoms with van der Waals surface area (Å²) in [5, 5.41) is 0. The number of hydrogen-bond donors (Lipinski definition) is 0. The normalized spacial score (nSPS) is 30.6. The molecule has 0 saturated heterocycles. The van der Waals surface area contributed by atoms with Gasteiger partial charge in [-0.15, -0.1) is 0 Å². The molecule has 0 bridgehead atoms. The molecule has 90 valence electrons. The molecule has 3 rings (SSSR count). The zero-order chi connectivity index (χ0) is 12.0. The van der Waals surface area contributed by atoms with Gasteiger partial charge in [-0.05, 0) is 36.3 Å². The Balaban J connectivity index is 2.03. The number of Topliss-reactive ketones (excluding diaryl/α,β-unsaturated/α-hetero) is 1. The fraction of sp³-hybridized carbons (Fsp3) is 0.500. The van der Waals surface area contributed by atoms with Crippen molar-refractivity contribution in [2.75, 3.05) is 0 Å². The first-order valence-corrected chi connectivity index (χ1v) is 6.09. The summed E-state index contributed by atoms with van der Waals surface area (Å²) in [4.78, 5) is 11.3. The van der Waals surface area contributed by atoms with E-state index >= 15 is 0 Å². The second-order valence-electron chi connectivity index (χ2n) is 5.04. The monoisotopic (exact) mass is 236 g/mol. The van der Waals surface area contributed by atoms with Crippen LogP contribution < -0.4 is 0 Å². The number of halogens is 2. The van der Waals surface area contributed by atoms with E-state index in [1.165, 1.54) is 5.56 Å². The van der Waals surface area contributed by atoms with Crippen molar-refractivity contribution >= 4 is 5.78 Å². The van der Waals surface area contributed by atoms with Crippen LogP contribution in [0.5, 0.6) is 0 Å². The van der Waals surface area contributed by atoms with Gasteiger partial charge in [0.25, 0.3) is 0 Å². The molecule has 0 unspecified atom stereocenters. The van der Waals surface area contributed by atoms with E-state index in [-0.39, 0.29) is 12.3 Å². The lowest BCUT2D eigenvalue weighted by atomic mass is 9.66. The van der Waals surface area contributed by atoms with E-state index in [1.54, 1.807) is 0 Å². The third-order valence-electron chi connectivity index (χ3n) is 4.18. The molecular formula is C14H14F2O. The Morgan fingerprint density at radius 1 is 1.12 bits per heavy atom. The summed E-state index contributed by atoms with van der Waals surface area (Å²) in [5.74, 6) is -4.89. The minimum absolute atomic E-state index is 0.0164. The number of carbonyl (C=O) groups excluding carboxylic acids is 1. The number of ketones is 1. The average Bonchev–Trinajstić information content (AvgIpc) is 2.33. The highest BCUT2D eigenvalue weighted by Gasteiger charge is 2.54. The molecule has 1 nitrogen and oxygen atoms in total. The van der Waals surface area contributed by atoms with Crippen molar-refractivity contribution in [3.8, 4) is 0 Å². The third-order valence-corrected chi connectivity index (χ3v) is 4.18. The second-order valence-corrected chi connectivity index (χ2v) is 5.04. The number of rotatable bonds is 0. The van der Waals surface area contributed by atoms with Crippen molar-refractivity contribution in [2.45, 2.75) is 37.5 Å². The van der Waals surface area contributed by atoms with Crippen molar-refractivity contribution in [3.05, 3.63) is 35.4 Å². The first-order chi connectivity index (χ1) is 8.10. The molecule has 2 atom stereocenters. The molecule has 0 aromatic heterocycles. The number of alkyl halides is 2. The van der Waals surface area contributed by atoms with E-state index in [1.807, 2.05) is 24.3 Å². The van der Waals surface area contributed by atoms with E-state index < -0.39 is 17.6 Å². The van der Waals surface area contributed by atoms with Crippen molar-refractivity contribution in [1.29, 1.82) is 0 Å². The van der Waals surface area contributed by atoms with E-state index in [9.17, 15) is 13.6 Å². The quantitative estimate of drug-likeness (QED) is 0.675. The molecule has 1 saturated carbocycles. The number of fused-ring (bicyclic) bond motifs is 3. The predicted octanol–water partition coefficient (Wildman–Crippen LogP) is 3.33. The van der Waals surface area contributed by atoms with E-state index in [4.69, 9.17) is 0 Å². The van der Waals surface area contributed by atoms with Crippen LogP contribution in [0.15, 0.2) is 24.3 Å². The SMILES string of the molecule is O=C1CC[C@@H]2c3ccccc3CC[C@H]2C1(F)F. The molecule has 0 aliphatic heterocycles. The topological polar surface area (TPSA) is 17.1 Å². The predicted molar refractivity (Wildman–Crippen MR) is 60.2 cm³/mol. The van der Waals surface area contributed by atoms with Crippen LogP contribution in [-0.2, 0) is 11.2 Å². The van der Waals surface area contributed by atoms with Crippen LogP contribution in [-0.4, -0.2) is 11.7 Å². The maximum atomic E-state index is 13.9. The van der Waals surface area contributed by atoms with Crippen LogP contribution in [0, 0.1) is 5.92 Å². The van der Waals surface area contributed by atoms with Crippen LogP contribution in [0.3, 0.4) is 0 Å². The fourth-order valence-electron chi connectivity index (χ4n) is 3.30. The lowest BCUT2D eigenvalue weighted by molar-refractivity contribution is -0.159. The van der Waals surface area contributed by atoms with Gasteiger partial charge in [0.15, 0.2) is 0 Å². The van der Waals surface area contributed by atoms with Gasteiger partial charge in [-0.3, -0.25) is 4.79 Å². The smallest absolute Gasteiger partial charge is 0.293 e. The second kappa shape index (κ2) is 3.62. The Morgan fingerprint density at radius 2 is 1.88 bits per heavy atom. The number of carbonyl (C=O) groups is 1. The highest BCUT2D eigenvalue weighted by molar-refractivity contribution is 5.87. The fourth-order valence-corrected chi connectivity index (χ4v) is 3.30. The van der Waals surface area contributed by atoms with E-state index in [0.717, 1.165) is 5.56 Å². The first-order valence-electron chi connectivity index (χ1n) is 6.09. The Kier molecular flexibility index (Phi) is 2.32. The maximum Gasteiger partial charge on any atom is 0.308 e. The summed E-state index contributed by atoms with van der Waals surface area (Å²) in [6.45, 7) is 0. The molecule has 17 heavy (non-hydrogen) atoms. The zero-order valence-electron chi connectivity index (χ0n) is 9.46. The van der Waals surface area contributed by atoms with Gasteiger partial charge in [0, 0.05) is 12.3 Å². The van der Waals surface area contributed by atoms with Crippen LogP contribution in [0.2, 0.25) is 0 Å². The van der Waals surface area contributed by atoms with Crippen molar-refractivity contribution in [2.24, 2.45) is 5.92 Å². The molecule has 0 radical (unpaired) electrons. The van der Waals surface area contributed by atoms with Crippen molar-refractivity contribution in [3.63, 3.8) is 0 Å². The van der Waals surface area contributed by atoms with Gasteiger partial charge in [0.2, 0.25) is 5.78 Å². The highest BCUT2D eigenvalue weighted by Crippen LogP contribution is 2.50. The summed E-state index contributed by atoms with van der Waals surface area (Å²) in [6.07, 6.45) is 1.69. The Morgan fingerprint density at radius 3 is 2.71 bits per heavy atom. The molecule has 1 aromatic rings. The molecule has 1 fully saturated rings. The van der Waals surface area contributed by atoms with Crippen molar-refractivity contribution in [1.82, 2.24) is 0 Å². The Labute approximate surface area is 98.8 Å². The molecule has 3 heteroatoms. The summed E-state index contributed by atoms with van der Waals surface area (Å²) in [7, 11) is 0. The van der Waals surface area contributed by atoms with Gasteiger partial charge in [-0.25, -0.2) is 0 Å². The zero-order valence-corrected chi connectivity index (χ0v) is 9.46. The molecule has 2 aliphatic rings. The van der Waals surface area contributed by atoms with Gasteiger partial charge < -0.3 is 0 Å². The number of benzene rings is 1. The van der Waals surface area contributed by atoms with Crippen LogP contribution in [0.1, 0.15) is 36.3 Å². The molecule has 0 amide bonds. The van der Waals surface area contributed by atoms with E-state index in [0.29, 0.717) is 19.3 Å². The minimum Gasteiger partial charge on any atom is -0.293 e. The molecular weight excluding hydrogens is 222 g/mol. The highest BCUT2D eigenvalue weighted by atomic mass is 19.3. The van der Waals surface area contributed by atoms with E-state index in [2.05, 4.69) is 0 Å². The van der Waals surface area contributed by atoms with Crippen LogP contribution in [0.4, 0.5) is 8.78 Å². The number of aryl methyl sites for hydroxylation is 1. The standard InChI is InChI=1S/C14H14F2O/c15-14(16)12-7-5-9-3-1-2-4-10(9)11(12)6-8-13(14)17/h1-4,11-12H,5-8H2/t11-,12-/m1/s1. The Hall–Kier alpha value is -1.25. The Bertz CT molecular complexity index is 467. The third kappa shape index (κ3) is 1.52. The summed E-state index contributed by atoms with van der Waals surface area (Å²) >= 11 is 0. The van der Waals surface area contributed by atoms with Gasteiger partial charge in [0.05, 0.1) is 0 Å². The van der Waals surface area contributed by atoms with Gasteiger partial charge in [-0.1, -0.05) is 24.3 Å². The molecule has 0 N–H and O–H groups in total. The lowest BCUT2D eigenvalue weighted by Gasteiger charge is -2.41.